The second-order valence-electron chi connectivity index (χ2n) is 5.40. The van der Waals surface area contributed by atoms with Gasteiger partial charge in [-0.05, 0) is 42.3 Å². The van der Waals surface area contributed by atoms with Crippen molar-refractivity contribution in [2.24, 2.45) is 0 Å². The van der Waals surface area contributed by atoms with Crippen LogP contribution in [0, 0.1) is 6.92 Å². The zero-order valence-corrected chi connectivity index (χ0v) is 14.9. The van der Waals surface area contributed by atoms with Gasteiger partial charge in [-0.2, -0.15) is 0 Å². The molecule has 3 rings (SSSR count). The van der Waals surface area contributed by atoms with Crippen LogP contribution in [-0.4, -0.2) is 13.1 Å². The zero-order valence-electron chi connectivity index (χ0n) is 13.3. The maximum Gasteiger partial charge on any atom is 0.339 e. The van der Waals surface area contributed by atoms with Crippen LogP contribution < -0.4 is 5.73 Å². The SMILES string of the molecule is COC(=O)c1cc(-c2ccc(-c3ccc(C)s3)cc2)c(Cl)cc1N. The van der Waals surface area contributed by atoms with Gasteiger partial charge in [0.15, 0.2) is 0 Å². The van der Waals surface area contributed by atoms with Gasteiger partial charge in [-0.25, -0.2) is 4.79 Å². The van der Waals surface area contributed by atoms with E-state index < -0.39 is 5.97 Å². The van der Waals surface area contributed by atoms with Crippen LogP contribution in [0.4, 0.5) is 5.69 Å². The molecule has 3 aromatic rings. The van der Waals surface area contributed by atoms with E-state index in [1.807, 2.05) is 24.3 Å². The van der Waals surface area contributed by atoms with E-state index >= 15 is 0 Å². The van der Waals surface area contributed by atoms with Crippen molar-refractivity contribution in [1.29, 1.82) is 0 Å². The fraction of sp³-hybridized carbons (Fsp3) is 0.105. The Hall–Kier alpha value is -2.30. The maximum absolute atomic E-state index is 11.8. The number of hydrogen-bond acceptors (Lipinski definition) is 4. The lowest BCUT2D eigenvalue weighted by Crippen LogP contribution is -2.06. The van der Waals surface area contributed by atoms with E-state index in [2.05, 4.69) is 19.1 Å². The molecule has 2 N–H and O–H groups in total. The molecule has 122 valence electrons. The number of ether oxygens (including phenoxy) is 1. The number of aryl methyl sites for hydroxylation is 1. The molecule has 2 aromatic carbocycles. The topological polar surface area (TPSA) is 52.3 Å². The van der Waals surface area contributed by atoms with Crippen LogP contribution in [0.5, 0.6) is 0 Å². The first-order chi connectivity index (χ1) is 11.5. The summed E-state index contributed by atoms with van der Waals surface area (Å²) in [5, 5.41) is 0.500. The number of esters is 1. The number of hydrogen-bond donors (Lipinski definition) is 1. The van der Waals surface area contributed by atoms with Gasteiger partial charge in [0.25, 0.3) is 0 Å². The standard InChI is InChI=1S/C19H16ClNO2S/c1-11-3-8-18(24-11)13-6-4-12(5-7-13)14-9-15(19(22)23-2)17(21)10-16(14)20/h3-10H,21H2,1-2H3. The molecule has 0 aliphatic carbocycles. The number of rotatable bonds is 3. The molecule has 0 fully saturated rings. The van der Waals surface area contributed by atoms with Gasteiger partial charge >= 0.3 is 5.97 Å². The van der Waals surface area contributed by atoms with E-state index in [0.29, 0.717) is 16.3 Å². The van der Waals surface area contributed by atoms with Crippen LogP contribution in [0.15, 0.2) is 48.5 Å². The first-order valence-corrected chi connectivity index (χ1v) is 8.53. The fourth-order valence-corrected chi connectivity index (χ4v) is 3.65. The van der Waals surface area contributed by atoms with Crippen LogP contribution in [0.1, 0.15) is 15.2 Å². The number of anilines is 1. The molecule has 0 aliphatic heterocycles. The van der Waals surface area contributed by atoms with Crippen molar-refractivity contribution in [2.75, 3.05) is 12.8 Å². The number of carbonyl (C=O) groups is 1. The quantitative estimate of drug-likeness (QED) is 0.503. The molecule has 0 amide bonds. The summed E-state index contributed by atoms with van der Waals surface area (Å²) in [4.78, 5) is 14.3. The van der Waals surface area contributed by atoms with Crippen molar-refractivity contribution < 1.29 is 9.53 Å². The maximum atomic E-state index is 11.8. The van der Waals surface area contributed by atoms with E-state index in [0.717, 1.165) is 16.7 Å². The Morgan fingerprint density at radius 1 is 1.08 bits per heavy atom. The first-order valence-electron chi connectivity index (χ1n) is 7.34. The molecule has 0 saturated carbocycles. The van der Waals surface area contributed by atoms with Gasteiger partial charge in [-0.1, -0.05) is 35.9 Å². The van der Waals surface area contributed by atoms with Crippen LogP contribution >= 0.6 is 22.9 Å². The van der Waals surface area contributed by atoms with Crippen molar-refractivity contribution >= 4 is 34.6 Å². The van der Waals surface area contributed by atoms with E-state index in [1.54, 1.807) is 23.5 Å². The molecule has 3 nitrogen and oxygen atoms in total. The molecule has 0 bridgehead atoms. The molecule has 24 heavy (non-hydrogen) atoms. The van der Waals surface area contributed by atoms with Crippen LogP contribution in [0.25, 0.3) is 21.6 Å². The van der Waals surface area contributed by atoms with Gasteiger partial charge in [0.2, 0.25) is 0 Å². The zero-order chi connectivity index (χ0) is 17.3. The number of thiophene rings is 1. The first kappa shape index (κ1) is 16.6. The predicted molar refractivity (Wildman–Crippen MR) is 101 cm³/mol. The van der Waals surface area contributed by atoms with Gasteiger partial charge in [-0.15, -0.1) is 11.3 Å². The summed E-state index contributed by atoms with van der Waals surface area (Å²) >= 11 is 8.07. The second-order valence-corrected chi connectivity index (χ2v) is 7.09. The number of methoxy groups -OCH3 is 1. The van der Waals surface area contributed by atoms with Crippen molar-refractivity contribution in [3.8, 4) is 21.6 Å². The summed E-state index contributed by atoms with van der Waals surface area (Å²) in [6, 6.07) is 15.5. The number of carbonyl (C=O) groups excluding carboxylic acids is 1. The van der Waals surface area contributed by atoms with E-state index in [1.165, 1.54) is 16.9 Å². The Bertz CT molecular complexity index is 900. The van der Waals surface area contributed by atoms with E-state index in [4.69, 9.17) is 22.1 Å². The summed E-state index contributed by atoms with van der Waals surface area (Å²) in [5.41, 5.74) is 9.30. The van der Waals surface area contributed by atoms with Crippen molar-refractivity contribution in [1.82, 2.24) is 0 Å². The van der Waals surface area contributed by atoms with E-state index in [-0.39, 0.29) is 0 Å². The molecule has 5 heteroatoms. The van der Waals surface area contributed by atoms with Crippen molar-refractivity contribution in [3.05, 3.63) is 64.0 Å². The highest BCUT2D eigenvalue weighted by Crippen LogP contribution is 2.34. The third kappa shape index (κ3) is 3.16. The van der Waals surface area contributed by atoms with E-state index in [9.17, 15) is 4.79 Å². The molecule has 0 radical (unpaired) electrons. The van der Waals surface area contributed by atoms with Crippen LogP contribution in [-0.2, 0) is 4.74 Å². The molecule has 0 saturated heterocycles. The summed E-state index contributed by atoms with van der Waals surface area (Å²) in [5.74, 6) is -0.476. The number of halogens is 1. The lowest BCUT2D eigenvalue weighted by molar-refractivity contribution is 0.0602. The van der Waals surface area contributed by atoms with Crippen LogP contribution in [0.3, 0.4) is 0 Å². The number of nitrogens with two attached hydrogens (primary N) is 1. The summed E-state index contributed by atoms with van der Waals surface area (Å²) < 4.78 is 4.77. The molecule has 1 heterocycles. The third-order valence-electron chi connectivity index (χ3n) is 3.77. The minimum Gasteiger partial charge on any atom is -0.465 e. The predicted octanol–water partition coefficient (Wildman–Crippen LogP) is 5.41. The molecular formula is C19H16ClNO2S. The highest BCUT2D eigenvalue weighted by atomic mass is 35.5. The second kappa shape index (κ2) is 6.67. The smallest absolute Gasteiger partial charge is 0.339 e. The summed E-state index contributed by atoms with van der Waals surface area (Å²) in [7, 11) is 1.33. The molecule has 0 atom stereocenters. The Kier molecular flexibility index (Phi) is 4.60. The molecule has 0 spiro atoms. The number of nitrogen functional groups attached to an aromatic ring is 1. The Morgan fingerprint density at radius 2 is 1.75 bits per heavy atom. The normalized spacial score (nSPS) is 10.6. The third-order valence-corrected chi connectivity index (χ3v) is 5.13. The monoisotopic (exact) mass is 357 g/mol. The van der Waals surface area contributed by atoms with Gasteiger partial charge in [0.1, 0.15) is 0 Å². The highest BCUT2D eigenvalue weighted by Gasteiger charge is 2.15. The lowest BCUT2D eigenvalue weighted by Gasteiger charge is -2.10. The Morgan fingerprint density at radius 3 is 2.33 bits per heavy atom. The van der Waals surface area contributed by atoms with Crippen LogP contribution in [0.2, 0.25) is 5.02 Å². The molecule has 0 unspecified atom stereocenters. The largest absolute Gasteiger partial charge is 0.465 e. The van der Waals surface area contributed by atoms with Gasteiger partial charge in [0.05, 0.1) is 17.7 Å². The van der Waals surface area contributed by atoms with Gasteiger partial charge in [0, 0.05) is 21.0 Å². The molecule has 1 aromatic heterocycles. The lowest BCUT2D eigenvalue weighted by atomic mass is 10.00. The van der Waals surface area contributed by atoms with Crippen molar-refractivity contribution in [3.63, 3.8) is 0 Å². The Labute approximate surface area is 149 Å². The molecule has 0 aliphatic rings. The average Bonchev–Trinajstić information content (AvgIpc) is 3.01. The summed E-state index contributed by atoms with van der Waals surface area (Å²) in [6.07, 6.45) is 0. The minimum absolute atomic E-state index is 0.307. The Balaban J connectivity index is 2.01. The number of benzene rings is 2. The molecular weight excluding hydrogens is 342 g/mol. The fourth-order valence-electron chi connectivity index (χ4n) is 2.50. The average molecular weight is 358 g/mol. The van der Waals surface area contributed by atoms with Gasteiger partial charge < -0.3 is 10.5 Å². The minimum atomic E-state index is -0.476. The summed E-state index contributed by atoms with van der Waals surface area (Å²) in [6.45, 7) is 2.09. The highest BCUT2D eigenvalue weighted by molar-refractivity contribution is 7.15. The van der Waals surface area contributed by atoms with Gasteiger partial charge in [-0.3, -0.25) is 0 Å². The van der Waals surface area contributed by atoms with Crippen molar-refractivity contribution in [2.45, 2.75) is 6.92 Å².